The third kappa shape index (κ3) is 3.17. The van der Waals surface area contributed by atoms with Gasteiger partial charge in [-0.1, -0.05) is 18.2 Å². The molecule has 1 heterocycles. The van der Waals surface area contributed by atoms with Gasteiger partial charge >= 0.3 is 0 Å². The molecule has 0 amide bonds. The van der Waals surface area contributed by atoms with Gasteiger partial charge in [0, 0.05) is 12.8 Å². The fourth-order valence-electron chi connectivity index (χ4n) is 3.03. The number of ether oxygens (including phenoxy) is 1. The summed E-state index contributed by atoms with van der Waals surface area (Å²) in [5.74, 6) is 0.552. The van der Waals surface area contributed by atoms with E-state index in [1.807, 2.05) is 48.0 Å². The first-order valence-corrected chi connectivity index (χ1v) is 7.67. The number of benzene rings is 1. The van der Waals surface area contributed by atoms with Gasteiger partial charge < -0.3 is 9.84 Å². The highest BCUT2D eigenvalue weighted by Gasteiger charge is 2.32. The maximum absolute atomic E-state index is 10.5. The molecule has 4 nitrogen and oxygen atoms in total. The van der Waals surface area contributed by atoms with Gasteiger partial charge in [-0.05, 0) is 50.3 Å². The van der Waals surface area contributed by atoms with Crippen LogP contribution in [0.5, 0.6) is 0 Å². The summed E-state index contributed by atoms with van der Waals surface area (Å²) in [4.78, 5) is 0. The Balaban J connectivity index is 1.64. The number of aromatic nitrogens is 2. The fraction of sp³-hybridized carbons (Fsp3) is 0.471. The fourth-order valence-corrected chi connectivity index (χ4v) is 3.03. The van der Waals surface area contributed by atoms with Crippen LogP contribution < -0.4 is 0 Å². The second-order valence-corrected chi connectivity index (χ2v) is 5.67. The van der Waals surface area contributed by atoms with Crippen LogP contribution in [0.1, 0.15) is 38.0 Å². The summed E-state index contributed by atoms with van der Waals surface area (Å²) in [6.45, 7) is 2.81. The first kappa shape index (κ1) is 14.3. The van der Waals surface area contributed by atoms with Gasteiger partial charge in [-0.3, -0.25) is 0 Å². The van der Waals surface area contributed by atoms with Crippen LogP contribution in [0.25, 0.3) is 5.69 Å². The third-order valence-corrected chi connectivity index (χ3v) is 4.17. The molecule has 1 saturated carbocycles. The van der Waals surface area contributed by atoms with Crippen molar-refractivity contribution in [2.24, 2.45) is 5.92 Å². The molecule has 1 N–H and O–H groups in total. The predicted molar refractivity (Wildman–Crippen MR) is 81.3 cm³/mol. The highest BCUT2D eigenvalue weighted by atomic mass is 16.5. The molecule has 1 atom stereocenters. The Labute approximate surface area is 125 Å². The van der Waals surface area contributed by atoms with E-state index in [-0.39, 0.29) is 0 Å². The zero-order valence-corrected chi connectivity index (χ0v) is 12.4. The van der Waals surface area contributed by atoms with Crippen LogP contribution in [0.3, 0.4) is 0 Å². The highest BCUT2D eigenvalue weighted by Crippen LogP contribution is 2.37. The normalized spacial score (nSPS) is 22.8. The van der Waals surface area contributed by atoms with Crippen LogP contribution in [-0.2, 0) is 4.74 Å². The van der Waals surface area contributed by atoms with E-state index in [2.05, 4.69) is 5.10 Å². The number of hydrogen-bond acceptors (Lipinski definition) is 3. The molecule has 1 aliphatic carbocycles. The minimum Gasteiger partial charge on any atom is -0.387 e. The molecular weight excluding hydrogens is 264 g/mol. The molecule has 1 fully saturated rings. The molecule has 21 heavy (non-hydrogen) atoms. The number of rotatable bonds is 6. The smallest absolute Gasteiger partial charge is 0.0963 e. The topological polar surface area (TPSA) is 47.3 Å². The Kier molecular flexibility index (Phi) is 4.36. The van der Waals surface area contributed by atoms with E-state index in [4.69, 9.17) is 4.74 Å². The molecular formula is C17H22N2O2. The van der Waals surface area contributed by atoms with E-state index in [9.17, 15) is 5.11 Å². The van der Waals surface area contributed by atoms with Crippen LogP contribution in [0.15, 0.2) is 42.6 Å². The van der Waals surface area contributed by atoms with Crippen molar-refractivity contribution in [1.29, 1.82) is 0 Å². The molecule has 0 aliphatic heterocycles. The van der Waals surface area contributed by atoms with Gasteiger partial charge in [-0.15, -0.1) is 0 Å². The molecule has 4 heteroatoms. The largest absolute Gasteiger partial charge is 0.387 e. The Hall–Kier alpha value is -1.65. The van der Waals surface area contributed by atoms with Crippen LogP contribution in [0.2, 0.25) is 0 Å². The molecule has 2 aromatic rings. The zero-order valence-electron chi connectivity index (χ0n) is 12.4. The molecule has 1 aliphatic rings. The van der Waals surface area contributed by atoms with Crippen LogP contribution in [0, 0.1) is 5.92 Å². The van der Waals surface area contributed by atoms with Crippen molar-refractivity contribution in [3.05, 3.63) is 48.3 Å². The summed E-state index contributed by atoms with van der Waals surface area (Å²) < 4.78 is 7.40. The summed E-state index contributed by atoms with van der Waals surface area (Å²) in [6, 6.07) is 11.8. The van der Waals surface area contributed by atoms with Gasteiger partial charge in [0.05, 0.1) is 23.6 Å². The average molecular weight is 286 g/mol. The molecule has 112 valence electrons. The summed E-state index contributed by atoms with van der Waals surface area (Å²) in [5, 5.41) is 14.8. The van der Waals surface area contributed by atoms with Gasteiger partial charge in [0.25, 0.3) is 0 Å². The van der Waals surface area contributed by atoms with Crippen molar-refractivity contribution in [2.45, 2.75) is 38.4 Å². The number of hydrogen-bond donors (Lipinski definition) is 1. The quantitative estimate of drug-likeness (QED) is 0.887. The Morgan fingerprint density at radius 2 is 2.05 bits per heavy atom. The van der Waals surface area contributed by atoms with Gasteiger partial charge in [0.1, 0.15) is 0 Å². The predicted octanol–water partition coefficient (Wildman–Crippen LogP) is 3.11. The van der Waals surface area contributed by atoms with Crippen LogP contribution >= 0.6 is 0 Å². The van der Waals surface area contributed by atoms with E-state index in [0.717, 1.165) is 37.3 Å². The lowest BCUT2D eigenvalue weighted by Gasteiger charge is -2.36. The van der Waals surface area contributed by atoms with Gasteiger partial charge in [-0.2, -0.15) is 5.10 Å². The first-order valence-electron chi connectivity index (χ1n) is 7.67. The number of nitrogens with zero attached hydrogens (tertiary/aromatic N) is 2. The van der Waals surface area contributed by atoms with Crippen molar-refractivity contribution in [3.63, 3.8) is 0 Å². The lowest BCUT2D eigenvalue weighted by molar-refractivity contribution is -0.0385. The average Bonchev–Trinajstić information content (AvgIpc) is 2.95. The molecule has 1 aromatic heterocycles. The molecule has 1 unspecified atom stereocenters. The Bertz CT molecular complexity index is 561. The standard InChI is InChI=1S/C17H22N2O2/c1-2-21-15-10-13(11-15)12-17(20)16-8-9-18-19(16)14-6-4-3-5-7-14/h3-9,13,15,17,20H,2,10-12H2,1H3. The second-order valence-electron chi connectivity index (χ2n) is 5.67. The minimum absolute atomic E-state index is 0.395. The zero-order chi connectivity index (χ0) is 14.7. The summed E-state index contributed by atoms with van der Waals surface area (Å²) in [5.41, 5.74) is 1.85. The van der Waals surface area contributed by atoms with Crippen LogP contribution in [-0.4, -0.2) is 27.6 Å². The SMILES string of the molecule is CCOC1CC(CC(O)c2ccnn2-c2ccccc2)C1. The molecule has 1 aromatic carbocycles. The van der Waals surface area contributed by atoms with E-state index in [0.29, 0.717) is 12.0 Å². The van der Waals surface area contributed by atoms with Crippen molar-refractivity contribution >= 4 is 0 Å². The Morgan fingerprint density at radius 1 is 1.29 bits per heavy atom. The maximum atomic E-state index is 10.5. The number of aliphatic hydroxyl groups excluding tert-OH is 1. The molecule has 0 saturated heterocycles. The van der Waals surface area contributed by atoms with E-state index < -0.39 is 6.10 Å². The van der Waals surface area contributed by atoms with Gasteiger partial charge in [-0.25, -0.2) is 4.68 Å². The molecule has 0 bridgehead atoms. The molecule has 3 rings (SSSR count). The Morgan fingerprint density at radius 3 is 2.76 bits per heavy atom. The first-order chi connectivity index (χ1) is 10.3. The monoisotopic (exact) mass is 286 g/mol. The van der Waals surface area contributed by atoms with Gasteiger partial charge in [0.2, 0.25) is 0 Å². The van der Waals surface area contributed by atoms with E-state index in [1.54, 1.807) is 6.20 Å². The third-order valence-electron chi connectivity index (χ3n) is 4.17. The summed E-state index contributed by atoms with van der Waals surface area (Å²) >= 11 is 0. The highest BCUT2D eigenvalue weighted by molar-refractivity contribution is 5.32. The van der Waals surface area contributed by atoms with Crippen molar-refractivity contribution in [1.82, 2.24) is 9.78 Å². The number of para-hydroxylation sites is 1. The number of aliphatic hydroxyl groups is 1. The van der Waals surface area contributed by atoms with Crippen molar-refractivity contribution in [3.8, 4) is 5.69 Å². The van der Waals surface area contributed by atoms with E-state index >= 15 is 0 Å². The lowest BCUT2D eigenvalue weighted by Crippen LogP contribution is -2.32. The lowest BCUT2D eigenvalue weighted by atomic mass is 9.78. The minimum atomic E-state index is -0.472. The molecule has 0 radical (unpaired) electrons. The summed E-state index contributed by atoms with van der Waals surface area (Å²) in [6.07, 6.45) is 4.57. The van der Waals surface area contributed by atoms with Gasteiger partial charge in [0.15, 0.2) is 0 Å². The summed E-state index contributed by atoms with van der Waals surface area (Å²) in [7, 11) is 0. The van der Waals surface area contributed by atoms with Crippen LogP contribution in [0.4, 0.5) is 0 Å². The van der Waals surface area contributed by atoms with E-state index in [1.165, 1.54) is 0 Å². The molecule has 0 spiro atoms. The maximum Gasteiger partial charge on any atom is 0.0963 e. The van der Waals surface area contributed by atoms with Crippen molar-refractivity contribution < 1.29 is 9.84 Å². The second kappa shape index (κ2) is 6.41. The van der Waals surface area contributed by atoms with Crippen molar-refractivity contribution in [2.75, 3.05) is 6.61 Å².